The van der Waals surface area contributed by atoms with Crippen LogP contribution in [0.5, 0.6) is 5.75 Å². The maximum Gasteiger partial charge on any atom is 0.338 e. The van der Waals surface area contributed by atoms with Crippen LogP contribution in [0.3, 0.4) is 0 Å². The highest BCUT2D eigenvalue weighted by molar-refractivity contribution is 5.93. The molecule has 0 radical (unpaired) electrons. The number of esters is 1. The van der Waals surface area contributed by atoms with Crippen molar-refractivity contribution >= 4 is 5.97 Å². The molecule has 0 unspecified atom stereocenters. The number of ether oxygens (including phenoxy) is 2. The summed E-state index contributed by atoms with van der Waals surface area (Å²) in [6, 6.07) is 8.81. The number of hydrogen-bond acceptors (Lipinski definition) is 6. The van der Waals surface area contributed by atoms with Gasteiger partial charge in [0.1, 0.15) is 24.2 Å². The smallest absolute Gasteiger partial charge is 0.338 e. The van der Waals surface area contributed by atoms with E-state index in [9.17, 15) is 9.18 Å². The number of piperazine rings is 1. The van der Waals surface area contributed by atoms with Crippen molar-refractivity contribution in [3.05, 3.63) is 63.5 Å². The molecule has 7 heteroatoms. The number of rotatable bonds is 7. The summed E-state index contributed by atoms with van der Waals surface area (Å²) < 4.78 is 24.7. The number of benzene rings is 2. The van der Waals surface area contributed by atoms with E-state index < -0.39 is 0 Å². The lowest BCUT2D eigenvalue weighted by molar-refractivity contribution is 0.0535. The molecule has 168 valence electrons. The van der Waals surface area contributed by atoms with Crippen molar-refractivity contribution in [3.8, 4) is 11.8 Å². The topological polar surface area (TPSA) is 65.8 Å². The van der Waals surface area contributed by atoms with Crippen LogP contribution in [0.25, 0.3) is 0 Å². The van der Waals surface area contributed by atoms with Crippen molar-refractivity contribution in [1.29, 1.82) is 5.26 Å². The molecule has 0 spiro atoms. The van der Waals surface area contributed by atoms with Crippen LogP contribution in [-0.2, 0) is 24.2 Å². The Morgan fingerprint density at radius 1 is 1.09 bits per heavy atom. The minimum atomic E-state index is -0.349. The quantitative estimate of drug-likeness (QED) is 0.621. The van der Waals surface area contributed by atoms with Gasteiger partial charge in [-0.1, -0.05) is 6.07 Å². The Morgan fingerprint density at radius 2 is 1.75 bits per heavy atom. The fourth-order valence-electron chi connectivity index (χ4n) is 4.51. The fourth-order valence-corrected chi connectivity index (χ4v) is 4.51. The first-order chi connectivity index (χ1) is 15.5. The van der Waals surface area contributed by atoms with Crippen molar-refractivity contribution < 1.29 is 18.7 Å². The van der Waals surface area contributed by atoms with Crippen molar-refractivity contribution in [3.63, 3.8) is 0 Å². The van der Waals surface area contributed by atoms with Crippen LogP contribution in [0.1, 0.15) is 38.2 Å². The molecule has 2 aliphatic heterocycles. The van der Waals surface area contributed by atoms with E-state index in [1.165, 1.54) is 24.3 Å². The average molecular weight is 438 g/mol. The fraction of sp³-hybridized carbons (Fsp3) is 0.440. The lowest BCUT2D eigenvalue weighted by Gasteiger charge is -2.34. The zero-order valence-corrected chi connectivity index (χ0v) is 18.6. The van der Waals surface area contributed by atoms with Crippen LogP contribution in [0.4, 0.5) is 4.39 Å². The zero-order chi connectivity index (χ0) is 22.7. The molecule has 4 rings (SSSR count). The Morgan fingerprint density at radius 3 is 2.38 bits per heavy atom. The molecule has 2 aromatic rings. The molecule has 0 amide bonds. The standard InChI is InChI=1S/C25H28FN3O3/c1-17-18(3-4-21-22(17)16-32-25(21)30)5-7-28-9-11-29(12-10-28)8-6-19-14-24(31-2)20(15-27)13-23(19)26/h3-4,13-14H,5-12,16H2,1-2H3. The molecular weight excluding hydrogens is 409 g/mol. The lowest BCUT2D eigenvalue weighted by atomic mass is 9.96. The van der Waals surface area contributed by atoms with Crippen molar-refractivity contribution in [2.75, 3.05) is 46.4 Å². The summed E-state index contributed by atoms with van der Waals surface area (Å²) in [5.41, 5.74) is 4.99. The maximum absolute atomic E-state index is 14.3. The Bertz CT molecular complexity index is 1060. The first kappa shape index (κ1) is 22.3. The molecule has 0 atom stereocenters. The third-order valence-electron chi connectivity index (χ3n) is 6.63. The minimum absolute atomic E-state index is 0.217. The SMILES string of the molecule is COc1cc(CCN2CCN(CCc3ccc4c(c3C)COC4=O)CC2)c(F)cc1C#N. The molecule has 0 aromatic heterocycles. The van der Waals surface area contributed by atoms with E-state index in [1.54, 1.807) is 6.07 Å². The molecule has 0 aliphatic carbocycles. The monoisotopic (exact) mass is 437 g/mol. The summed E-state index contributed by atoms with van der Waals surface area (Å²) in [6.45, 7) is 8.06. The molecule has 1 saturated heterocycles. The average Bonchev–Trinajstić information content (AvgIpc) is 3.19. The van der Waals surface area contributed by atoms with E-state index in [1.807, 2.05) is 12.1 Å². The third kappa shape index (κ3) is 4.62. The number of nitriles is 1. The van der Waals surface area contributed by atoms with Gasteiger partial charge in [0.25, 0.3) is 0 Å². The molecule has 0 saturated carbocycles. The second kappa shape index (κ2) is 9.68. The normalized spacial score (nSPS) is 16.5. The van der Waals surface area contributed by atoms with Gasteiger partial charge in [0.05, 0.1) is 18.2 Å². The summed E-state index contributed by atoms with van der Waals surface area (Å²) >= 11 is 0. The van der Waals surface area contributed by atoms with Crippen LogP contribution in [0.2, 0.25) is 0 Å². The van der Waals surface area contributed by atoms with E-state index in [0.29, 0.717) is 29.9 Å². The van der Waals surface area contributed by atoms with Gasteiger partial charge >= 0.3 is 5.97 Å². The first-order valence-electron chi connectivity index (χ1n) is 11.0. The largest absolute Gasteiger partial charge is 0.495 e. The number of halogens is 1. The van der Waals surface area contributed by atoms with Gasteiger partial charge in [0.2, 0.25) is 0 Å². The maximum atomic E-state index is 14.3. The number of carbonyl (C=O) groups is 1. The molecular formula is C25H28FN3O3. The summed E-state index contributed by atoms with van der Waals surface area (Å²) in [5.74, 6) is -0.144. The highest BCUT2D eigenvalue weighted by atomic mass is 19.1. The zero-order valence-electron chi connectivity index (χ0n) is 18.6. The molecule has 2 aromatic carbocycles. The van der Waals surface area contributed by atoms with E-state index in [-0.39, 0.29) is 17.3 Å². The van der Waals surface area contributed by atoms with E-state index in [2.05, 4.69) is 22.8 Å². The van der Waals surface area contributed by atoms with Crippen LogP contribution in [-0.4, -0.2) is 62.1 Å². The minimum Gasteiger partial charge on any atom is -0.495 e. The number of cyclic esters (lactones) is 1. The van der Waals surface area contributed by atoms with E-state index >= 15 is 0 Å². The summed E-state index contributed by atoms with van der Waals surface area (Å²) in [4.78, 5) is 16.5. The highest BCUT2D eigenvalue weighted by Gasteiger charge is 2.24. The second-order valence-corrected chi connectivity index (χ2v) is 8.39. The summed E-state index contributed by atoms with van der Waals surface area (Å²) in [6.07, 6.45) is 1.53. The van der Waals surface area contributed by atoms with Crippen molar-refractivity contribution in [2.24, 2.45) is 0 Å². The van der Waals surface area contributed by atoms with Gasteiger partial charge in [-0.15, -0.1) is 0 Å². The molecule has 0 bridgehead atoms. The van der Waals surface area contributed by atoms with Crippen LogP contribution < -0.4 is 4.74 Å². The van der Waals surface area contributed by atoms with E-state index in [4.69, 9.17) is 14.7 Å². The van der Waals surface area contributed by atoms with Gasteiger partial charge in [-0.05, 0) is 54.7 Å². The van der Waals surface area contributed by atoms with Gasteiger partial charge in [0, 0.05) is 44.8 Å². The number of methoxy groups -OCH3 is 1. The number of hydrogen-bond donors (Lipinski definition) is 0. The lowest BCUT2D eigenvalue weighted by Crippen LogP contribution is -2.47. The van der Waals surface area contributed by atoms with Crippen LogP contribution >= 0.6 is 0 Å². The highest BCUT2D eigenvalue weighted by Crippen LogP contribution is 2.26. The molecule has 32 heavy (non-hydrogen) atoms. The third-order valence-corrected chi connectivity index (χ3v) is 6.63. The molecule has 1 fully saturated rings. The molecule has 0 N–H and O–H groups in total. The summed E-state index contributed by atoms with van der Waals surface area (Å²) in [5, 5.41) is 9.08. The molecule has 6 nitrogen and oxygen atoms in total. The predicted molar refractivity (Wildman–Crippen MR) is 118 cm³/mol. The Labute approximate surface area is 188 Å². The van der Waals surface area contributed by atoms with Gasteiger partial charge < -0.3 is 19.3 Å². The van der Waals surface area contributed by atoms with Gasteiger partial charge in [-0.25, -0.2) is 9.18 Å². The van der Waals surface area contributed by atoms with Crippen LogP contribution in [0, 0.1) is 24.1 Å². The Balaban J connectivity index is 1.26. The van der Waals surface area contributed by atoms with Gasteiger partial charge in [-0.3, -0.25) is 0 Å². The predicted octanol–water partition coefficient (Wildman–Crippen LogP) is 3.09. The Hall–Kier alpha value is -2.95. The molecule has 2 aliphatic rings. The Kier molecular flexibility index (Phi) is 6.73. The number of carbonyl (C=O) groups excluding carboxylic acids is 1. The first-order valence-corrected chi connectivity index (χ1v) is 11.0. The summed E-state index contributed by atoms with van der Waals surface area (Å²) in [7, 11) is 1.49. The van der Waals surface area contributed by atoms with Crippen LogP contribution in [0.15, 0.2) is 24.3 Å². The van der Waals surface area contributed by atoms with E-state index in [0.717, 1.165) is 51.3 Å². The van der Waals surface area contributed by atoms with Gasteiger partial charge in [-0.2, -0.15) is 5.26 Å². The molecule has 2 heterocycles. The van der Waals surface area contributed by atoms with Gasteiger partial charge in [0.15, 0.2) is 0 Å². The number of nitrogens with zero attached hydrogens (tertiary/aromatic N) is 3. The number of fused-ring (bicyclic) bond motifs is 1. The second-order valence-electron chi connectivity index (χ2n) is 8.39. The van der Waals surface area contributed by atoms with Crippen molar-refractivity contribution in [2.45, 2.75) is 26.4 Å². The van der Waals surface area contributed by atoms with Crippen molar-refractivity contribution in [1.82, 2.24) is 9.80 Å².